The Hall–Kier alpha value is -5.10. The molecule has 0 aliphatic heterocycles. The summed E-state index contributed by atoms with van der Waals surface area (Å²) in [6.07, 6.45) is 1.31. The number of hydrogen-bond acceptors (Lipinski definition) is 7. The van der Waals surface area contributed by atoms with Crippen LogP contribution in [0.25, 0.3) is 6.08 Å². The first-order valence-corrected chi connectivity index (χ1v) is 10.2. The molecule has 9 nitrogen and oxygen atoms in total. The van der Waals surface area contributed by atoms with E-state index >= 15 is 0 Å². The number of carboxylic acid groups (broad SMARTS) is 1. The van der Waals surface area contributed by atoms with Crippen molar-refractivity contribution in [1.82, 2.24) is 0 Å². The molecule has 0 aliphatic rings. The summed E-state index contributed by atoms with van der Waals surface area (Å²) in [6.45, 7) is 0. The van der Waals surface area contributed by atoms with Crippen molar-refractivity contribution in [2.75, 3.05) is 19.5 Å². The molecule has 0 radical (unpaired) electrons. The van der Waals surface area contributed by atoms with Crippen LogP contribution < -0.4 is 19.5 Å². The van der Waals surface area contributed by atoms with Crippen molar-refractivity contribution in [3.05, 3.63) is 89.0 Å². The van der Waals surface area contributed by atoms with Crippen LogP contribution in [0.5, 0.6) is 17.2 Å². The van der Waals surface area contributed by atoms with Crippen LogP contribution in [0.2, 0.25) is 0 Å². The van der Waals surface area contributed by atoms with Crippen LogP contribution in [0.3, 0.4) is 0 Å². The van der Waals surface area contributed by atoms with Gasteiger partial charge in [0, 0.05) is 5.69 Å². The second-order valence-corrected chi connectivity index (χ2v) is 7.04. The van der Waals surface area contributed by atoms with Gasteiger partial charge in [-0.15, -0.1) is 0 Å². The molecule has 0 fully saturated rings. The third kappa shape index (κ3) is 6.24. The predicted octanol–water partition coefficient (Wildman–Crippen LogP) is 4.17. The number of carboxylic acids is 1. The zero-order chi connectivity index (χ0) is 25.4. The summed E-state index contributed by atoms with van der Waals surface area (Å²) in [6, 6.07) is 18.4. The monoisotopic (exact) mass is 472 g/mol. The number of carbonyl (C=O) groups is 3. The predicted molar refractivity (Wildman–Crippen MR) is 127 cm³/mol. The van der Waals surface area contributed by atoms with Crippen molar-refractivity contribution in [2.24, 2.45) is 0 Å². The summed E-state index contributed by atoms with van der Waals surface area (Å²) >= 11 is 0. The number of benzene rings is 3. The molecule has 3 rings (SSSR count). The number of amides is 1. The van der Waals surface area contributed by atoms with Crippen molar-refractivity contribution >= 4 is 29.6 Å². The minimum absolute atomic E-state index is 0.0104. The highest BCUT2D eigenvalue weighted by Gasteiger charge is 2.15. The molecule has 0 aliphatic carbocycles. The van der Waals surface area contributed by atoms with Crippen molar-refractivity contribution in [3.63, 3.8) is 0 Å². The summed E-state index contributed by atoms with van der Waals surface area (Å²) in [7, 11) is 2.93. The largest absolute Gasteiger partial charge is 0.497 e. The third-order valence-electron chi connectivity index (χ3n) is 4.76. The molecule has 0 spiro atoms. The highest BCUT2D eigenvalue weighted by molar-refractivity contribution is 6.10. The molecule has 3 aromatic rings. The molecule has 0 aromatic heterocycles. The molecule has 0 saturated heterocycles. The topological polar surface area (TPSA) is 135 Å². The van der Waals surface area contributed by atoms with Crippen LogP contribution in [-0.2, 0) is 4.79 Å². The van der Waals surface area contributed by atoms with Gasteiger partial charge in [-0.1, -0.05) is 12.1 Å². The Bertz CT molecular complexity index is 1340. The maximum Gasteiger partial charge on any atom is 0.343 e. The number of nitrogens with zero attached hydrogens (tertiary/aromatic N) is 1. The fourth-order valence-electron chi connectivity index (χ4n) is 2.99. The Morgan fingerprint density at radius 3 is 2.29 bits per heavy atom. The fourth-order valence-corrected chi connectivity index (χ4v) is 2.99. The number of hydrogen-bond donors (Lipinski definition) is 2. The Morgan fingerprint density at radius 2 is 1.66 bits per heavy atom. The van der Waals surface area contributed by atoms with Gasteiger partial charge in [-0.05, 0) is 66.2 Å². The minimum Gasteiger partial charge on any atom is -0.497 e. The number of esters is 1. The van der Waals surface area contributed by atoms with E-state index in [9.17, 15) is 19.6 Å². The molecule has 0 atom stereocenters. The lowest BCUT2D eigenvalue weighted by molar-refractivity contribution is -0.112. The molecule has 0 bridgehead atoms. The summed E-state index contributed by atoms with van der Waals surface area (Å²) in [5.41, 5.74) is 0.649. The van der Waals surface area contributed by atoms with Gasteiger partial charge in [-0.25, -0.2) is 9.59 Å². The third-order valence-corrected chi connectivity index (χ3v) is 4.76. The van der Waals surface area contributed by atoms with Crippen LogP contribution in [-0.4, -0.2) is 37.2 Å². The Morgan fingerprint density at radius 1 is 0.914 bits per heavy atom. The maximum atomic E-state index is 12.6. The first kappa shape index (κ1) is 24.5. The van der Waals surface area contributed by atoms with Crippen molar-refractivity contribution in [3.8, 4) is 23.3 Å². The van der Waals surface area contributed by atoms with Gasteiger partial charge in [0.05, 0.1) is 25.3 Å². The van der Waals surface area contributed by atoms with Gasteiger partial charge in [-0.2, -0.15) is 5.26 Å². The van der Waals surface area contributed by atoms with E-state index in [-0.39, 0.29) is 33.9 Å². The first-order valence-electron chi connectivity index (χ1n) is 10.2. The van der Waals surface area contributed by atoms with Crippen LogP contribution in [0.1, 0.15) is 26.3 Å². The molecule has 0 saturated carbocycles. The van der Waals surface area contributed by atoms with E-state index in [2.05, 4.69) is 5.32 Å². The lowest BCUT2D eigenvalue weighted by atomic mass is 10.1. The van der Waals surface area contributed by atoms with Crippen LogP contribution in [0.15, 0.2) is 72.3 Å². The van der Waals surface area contributed by atoms with E-state index in [1.807, 2.05) is 6.07 Å². The molecule has 9 heteroatoms. The standard InChI is InChI=1S/C26H20N2O7/c1-33-21-9-7-17(8-10-21)26(32)35-23-13-16(6-11-22(23)34-2)12-19(15-27)24(29)28-20-5-3-4-18(14-20)25(30)31/h3-14H,1-2H3,(H,28,29)(H,30,31)/b19-12+. The lowest BCUT2D eigenvalue weighted by Crippen LogP contribution is -2.14. The lowest BCUT2D eigenvalue weighted by Gasteiger charge is -2.11. The van der Waals surface area contributed by atoms with E-state index in [1.165, 1.54) is 56.7 Å². The van der Waals surface area contributed by atoms with E-state index in [0.29, 0.717) is 11.3 Å². The molecule has 0 heterocycles. The summed E-state index contributed by atoms with van der Waals surface area (Å²) in [4.78, 5) is 36.3. The van der Waals surface area contributed by atoms with Crippen molar-refractivity contribution < 1.29 is 33.7 Å². The average Bonchev–Trinajstić information content (AvgIpc) is 2.87. The average molecular weight is 472 g/mol. The Kier molecular flexibility index (Phi) is 7.82. The molecular formula is C26H20N2O7. The Labute approximate surface area is 200 Å². The van der Waals surface area contributed by atoms with Gasteiger partial charge in [0.15, 0.2) is 11.5 Å². The zero-order valence-corrected chi connectivity index (χ0v) is 18.8. The summed E-state index contributed by atoms with van der Waals surface area (Å²) in [5, 5.41) is 21.1. The molecule has 2 N–H and O–H groups in total. The van der Waals surface area contributed by atoms with Gasteiger partial charge >= 0.3 is 11.9 Å². The number of nitriles is 1. The second kappa shape index (κ2) is 11.2. The first-order chi connectivity index (χ1) is 16.8. The van der Waals surface area contributed by atoms with E-state index in [1.54, 1.807) is 30.3 Å². The molecule has 35 heavy (non-hydrogen) atoms. The van der Waals surface area contributed by atoms with Gasteiger partial charge in [0.25, 0.3) is 5.91 Å². The summed E-state index contributed by atoms with van der Waals surface area (Å²) < 4.78 is 15.8. The maximum absolute atomic E-state index is 12.6. The zero-order valence-electron chi connectivity index (χ0n) is 18.8. The number of anilines is 1. The number of aromatic carboxylic acids is 1. The second-order valence-electron chi connectivity index (χ2n) is 7.04. The van der Waals surface area contributed by atoms with Crippen molar-refractivity contribution in [2.45, 2.75) is 0 Å². The number of nitrogens with one attached hydrogen (secondary N) is 1. The summed E-state index contributed by atoms with van der Waals surface area (Å²) in [5.74, 6) is -1.56. The smallest absolute Gasteiger partial charge is 0.343 e. The Balaban J connectivity index is 1.83. The number of ether oxygens (including phenoxy) is 3. The SMILES string of the molecule is COc1ccc(C(=O)Oc2cc(/C=C(\C#N)C(=O)Nc3cccc(C(=O)O)c3)ccc2OC)cc1. The van der Waals surface area contributed by atoms with E-state index in [4.69, 9.17) is 19.3 Å². The normalized spacial score (nSPS) is 10.6. The van der Waals surface area contributed by atoms with Gasteiger partial charge in [-0.3, -0.25) is 4.79 Å². The molecule has 3 aromatic carbocycles. The molecule has 1 amide bonds. The number of carbonyl (C=O) groups excluding carboxylic acids is 2. The van der Waals surface area contributed by atoms with Gasteiger partial charge < -0.3 is 24.6 Å². The van der Waals surface area contributed by atoms with Gasteiger partial charge in [0.2, 0.25) is 0 Å². The minimum atomic E-state index is -1.15. The fraction of sp³-hybridized carbons (Fsp3) is 0.0769. The van der Waals surface area contributed by atoms with Crippen LogP contribution >= 0.6 is 0 Å². The van der Waals surface area contributed by atoms with Crippen LogP contribution in [0, 0.1) is 11.3 Å². The van der Waals surface area contributed by atoms with Crippen LogP contribution in [0.4, 0.5) is 5.69 Å². The molecular weight excluding hydrogens is 452 g/mol. The number of rotatable bonds is 8. The molecule has 0 unspecified atom stereocenters. The quantitative estimate of drug-likeness (QED) is 0.216. The van der Waals surface area contributed by atoms with E-state index in [0.717, 1.165) is 0 Å². The number of methoxy groups -OCH3 is 2. The molecule has 176 valence electrons. The highest BCUT2D eigenvalue weighted by Crippen LogP contribution is 2.30. The highest BCUT2D eigenvalue weighted by atomic mass is 16.6. The van der Waals surface area contributed by atoms with Gasteiger partial charge in [0.1, 0.15) is 17.4 Å². The van der Waals surface area contributed by atoms with E-state index < -0.39 is 17.8 Å². The van der Waals surface area contributed by atoms with Crippen molar-refractivity contribution in [1.29, 1.82) is 5.26 Å².